The topological polar surface area (TPSA) is 47.3 Å². The van der Waals surface area contributed by atoms with E-state index in [1.54, 1.807) is 0 Å². The van der Waals surface area contributed by atoms with Crippen molar-refractivity contribution in [3.8, 4) is 5.75 Å². The second kappa shape index (κ2) is 7.56. The standard InChI is InChI=1S/C16H20N2O/c17-10-11-18-12-15-8-4-5-9-16(15)19-13-14-6-2-1-3-7-14/h1-9,18H,10-13,17H2. The van der Waals surface area contributed by atoms with Gasteiger partial charge in [0.05, 0.1) is 0 Å². The predicted molar refractivity (Wildman–Crippen MR) is 78.0 cm³/mol. The molecular weight excluding hydrogens is 236 g/mol. The van der Waals surface area contributed by atoms with E-state index in [2.05, 4.69) is 23.5 Å². The van der Waals surface area contributed by atoms with Crippen LogP contribution in [0.2, 0.25) is 0 Å². The predicted octanol–water partition coefficient (Wildman–Crippen LogP) is 2.31. The van der Waals surface area contributed by atoms with Crippen LogP contribution >= 0.6 is 0 Å². The van der Waals surface area contributed by atoms with E-state index in [0.717, 1.165) is 24.4 Å². The lowest BCUT2D eigenvalue weighted by Gasteiger charge is -2.12. The van der Waals surface area contributed by atoms with Crippen LogP contribution in [0.3, 0.4) is 0 Å². The summed E-state index contributed by atoms with van der Waals surface area (Å²) >= 11 is 0. The Morgan fingerprint density at radius 3 is 2.47 bits per heavy atom. The first-order chi connectivity index (χ1) is 9.40. The van der Waals surface area contributed by atoms with E-state index < -0.39 is 0 Å². The van der Waals surface area contributed by atoms with Crippen LogP contribution in [-0.4, -0.2) is 13.1 Å². The SMILES string of the molecule is NCCNCc1ccccc1OCc1ccccc1. The molecule has 0 aliphatic rings. The Hall–Kier alpha value is -1.84. The van der Waals surface area contributed by atoms with Crippen LogP contribution in [0.4, 0.5) is 0 Å². The molecule has 0 aliphatic heterocycles. The van der Waals surface area contributed by atoms with Gasteiger partial charge in [0, 0.05) is 25.2 Å². The van der Waals surface area contributed by atoms with Crippen molar-refractivity contribution in [2.24, 2.45) is 5.73 Å². The minimum atomic E-state index is 0.592. The van der Waals surface area contributed by atoms with Gasteiger partial charge in [-0.15, -0.1) is 0 Å². The molecular formula is C16H20N2O. The van der Waals surface area contributed by atoms with Crippen molar-refractivity contribution in [1.29, 1.82) is 0 Å². The third kappa shape index (κ3) is 4.39. The number of benzene rings is 2. The van der Waals surface area contributed by atoms with Gasteiger partial charge in [0.2, 0.25) is 0 Å². The van der Waals surface area contributed by atoms with Gasteiger partial charge in [0.25, 0.3) is 0 Å². The van der Waals surface area contributed by atoms with Crippen LogP contribution < -0.4 is 15.8 Å². The zero-order valence-corrected chi connectivity index (χ0v) is 11.0. The van der Waals surface area contributed by atoms with E-state index >= 15 is 0 Å². The Labute approximate surface area is 114 Å². The van der Waals surface area contributed by atoms with Gasteiger partial charge in [-0.3, -0.25) is 0 Å². The van der Waals surface area contributed by atoms with Crippen molar-refractivity contribution < 1.29 is 4.74 Å². The Morgan fingerprint density at radius 1 is 0.947 bits per heavy atom. The number of para-hydroxylation sites is 1. The van der Waals surface area contributed by atoms with E-state index in [1.165, 1.54) is 5.56 Å². The summed E-state index contributed by atoms with van der Waals surface area (Å²) in [5.41, 5.74) is 7.80. The molecule has 19 heavy (non-hydrogen) atoms. The number of hydrogen-bond acceptors (Lipinski definition) is 3. The lowest BCUT2D eigenvalue weighted by atomic mass is 10.2. The van der Waals surface area contributed by atoms with Crippen molar-refractivity contribution in [2.75, 3.05) is 13.1 Å². The largest absolute Gasteiger partial charge is 0.489 e. The van der Waals surface area contributed by atoms with Gasteiger partial charge in [-0.1, -0.05) is 48.5 Å². The second-order valence-corrected chi connectivity index (χ2v) is 4.35. The van der Waals surface area contributed by atoms with E-state index in [9.17, 15) is 0 Å². The molecule has 3 N–H and O–H groups in total. The van der Waals surface area contributed by atoms with E-state index in [0.29, 0.717) is 13.2 Å². The zero-order valence-electron chi connectivity index (χ0n) is 11.0. The summed E-state index contributed by atoms with van der Waals surface area (Å²) in [7, 11) is 0. The number of nitrogens with two attached hydrogens (primary N) is 1. The maximum Gasteiger partial charge on any atom is 0.124 e. The van der Waals surface area contributed by atoms with Crippen LogP contribution in [0.15, 0.2) is 54.6 Å². The van der Waals surface area contributed by atoms with Crippen LogP contribution in [-0.2, 0) is 13.2 Å². The van der Waals surface area contributed by atoms with Crippen LogP contribution in [0, 0.1) is 0 Å². The fourth-order valence-corrected chi connectivity index (χ4v) is 1.85. The van der Waals surface area contributed by atoms with Crippen LogP contribution in [0.5, 0.6) is 5.75 Å². The fourth-order valence-electron chi connectivity index (χ4n) is 1.85. The van der Waals surface area contributed by atoms with Crippen molar-refractivity contribution in [3.05, 3.63) is 65.7 Å². The lowest BCUT2D eigenvalue weighted by Crippen LogP contribution is -2.22. The van der Waals surface area contributed by atoms with Gasteiger partial charge < -0.3 is 15.8 Å². The monoisotopic (exact) mass is 256 g/mol. The van der Waals surface area contributed by atoms with Crippen LogP contribution in [0.25, 0.3) is 0 Å². The summed E-state index contributed by atoms with van der Waals surface area (Å²) in [6, 6.07) is 18.3. The molecule has 0 saturated carbocycles. The van der Waals surface area contributed by atoms with Crippen LogP contribution in [0.1, 0.15) is 11.1 Å². The van der Waals surface area contributed by atoms with Gasteiger partial charge in [0.1, 0.15) is 12.4 Å². The van der Waals surface area contributed by atoms with E-state index in [4.69, 9.17) is 10.5 Å². The molecule has 0 amide bonds. The second-order valence-electron chi connectivity index (χ2n) is 4.35. The average molecular weight is 256 g/mol. The molecule has 2 aromatic rings. The normalized spacial score (nSPS) is 10.4. The smallest absolute Gasteiger partial charge is 0.124 e. The highest BCUT2D eigenvalue weighted by Crippen LogP contribution is 2.19. The summed E-state index contributed by atoms with van der Waals surface area (Å²) in [6.07, 6.45) is 0. The summed E-state index contributed by atoms with van der Waals surface area (Å²) < 4.78 is 5.88. The molecule has 0 aromatic heterocycles. The van der Waals surface area contributed by atoms with Crippen molar-refractivity contribution in [1.82, 2.24) is 5.32 Å². The molecule has 0 atom stereocenters. The molecule has 0 heterocycles. The third-order valence-corrected chi connectivity index (χ3v) is 2.85. The number of hydrogen-bond donors (Lipinski definition) is 2. The Morgan fingerprint density at radius 2 is 1.68 bits per heavy atom. The molecule has 0 fully saturated rings. The molecule has 0 bridgehead atoms. The van der Waals surface area contributed by atoms with Crippen molar-refractivity contribution in [2.45, 2.75) is 13.2 Å². The quantitative estimate of drug-likeness (QED) is 0.747. The number of ether oxygens (including phenoxy) is 1. The van der Waals surface area contributed by atoms with Crippen molar-refractivity contribution in [3.63, 3.8) is 0 Å². The molecule has 3 nitrogen and oxygen atoms in total. The summed E-state index contributed by atoms with van der Waals surface area (Å²) in [5.74, 6) is 0.927. The third-order valence-electron chi connectivity index (χ3n) is 2.85. The zero-order chi connectivity index (χ0) is 13.3. The van der Waals surface area contributed by atoms with Crippen molar-refractivity contribution >= 4 is 0 Å². The Balaban J connectivity index is 1.95. The number of nitrogens with one attached hydrogen (secondary N) is 1. The minimum absolute atomic E-state index is 0.592. The van der Waals surface area contributed by atoms with E-state index in [-0.39, 0.29) is 0 Å². The highest BCUT2D eigenvalue weighted by atomic mass is 16.5. The van der Waals surface area contributed by atoms with Gasteiger partial charge in [-0.2, -0.15) is 0 Å². The Kier molecular flexibility index (Phi) is 5.41. The maximum atomic E-state index is 5.88. The highest BCUT2D eigenvalue weighted by Gasteiger charge is 2.02. The molecule has 0 aliphatic carbocycles. The lowest BCUT2D eigenvalue weighted by molar-refractivity contribution is 0.302. The molecule has 0 saturated heterocycles. The molecule has 0 unspecified atom stereocenters. The first kappa shape index (κ1) is 13.6. The summed E-state index contributed by atoms with van der Waals surface area (Å²) in [5, 5.41) is 3.28. The first-order valence-electron chi connectivity index (χ1n) is 6.55. The maximum absolute atomic E-state index is 5.88. The van der Waals surface area contributed by atoms with Gasteiger partial charge in [-0.05, 0) is 11.6 Å². The van der Waals surface area contributed by atoms with E-state index in [1.807, 2.05) is 36.4 Å². The van der Waals surface area contributed by atoms with Gasteiger partial charge >= 0.3 is 0 Å². The number of rotatable bonds is 7. The molecule has 100 valence electrons. The molecule has 0 spiro atoms. The molecule has 0 radical (unpaired) electrons. The molecule has 3 heteroatoms. The minimum Gasteiger partial charge on any atom is -0.489 e. The Bertz CT molecular complexity index is 485. The summed E-state index contributed by atoms with van der Waals surface area (Å²) in [4.78, 5) is 0. The van der Waals surface area contributed by atoms with Gasteiger partial charge in [0.15, 0.2) is 0 Å². The average Bonchev–Trinajstić information content (AvgIpc) is 2.48. The summed E-state index contributed by atoms with van der Waals surface area (Å²) in [6.45, 7) is 2.83. The fraction of sp³-hybridized carbons (Fsp3) is 0.250. The molecule has 2 aromatic carbocycles. The first-order valence-corrected chi connectivity index (χ1v) is 6.55. The highest BCUT2D eigenvalue weighted by molar-refractivity contribution is 5.33. The molecule has 2 rings (SSSR count). The van der Waals surface area contributed by atoms with Gasteiger partial charge in [-0.25, -0.2) is 0 Å².